The number of rotatable bonds is 5. The van der Waals surface area contributed by atoms with Crippen LogP contribution in [0, 0.1) is 17.8 Å². The molecule has 1 unspecified atom stereocenters. The summed E-state index contributed by atoms with van der Waals surface area (Å²) in [7, 11) is 0. The molecule has 0 aromatic heterocycles. The van der Waals surface area contributed by atoms with Gasteiger partial charge in [-0.3, -0.25) is 0 Å². The van der Waals surface area contributed by atoms with Crippen LogP contribution in [0.15, 0.2) is 49.1 Å². The molecule has 1 aromatic rings. The van der Waals surface area contributed by atoms with Crippen molar-refractivity contribution in [1.29, 1.82) is 0 Å². The number of allylic oxidation sites excluding steroid dienone is 2. The highest BCUT2D eigenvalue weighted by molar-refractivity contribution is 5.30. The molecule has 0 bridgehead atoms. The standard InChI is InChI=1S/C22H30O/c1-3-5-17-6-7-21-16-20(9-8-19(21)15-17)18-10-12-22(13-11-18)23-14-4-2/h3-5,10-13,17,19-21H,2,6-9,14-16H2,1H3/t17-,19-,20?,21-/m1/s1. The van der Waals surface area contributed by atoms with E-state index in [1.165, 1.54) is 44.1 Å². The Balaban J connectivity index is 1.58. The Morgan fingerprint density at radius 3 is 2.52 bits per heavy atom. The van der Waals surface area contributed by atoms with Gasteiger partial charge in [0, 0.05) is 0 Å². The van der Waals surface area contributed by atoms with Gasteiger partial charge in [0.1, 0.15) is 12.4 Å². The van der Waals surface area contributed by atoms with Gasteiger partial charge < -0.3 is 4.74 Å². The summed E-state index contributed by atoms with van der Waals surface area (Å²) in [5, 5.41) is 0. The SMILES string of the molecule is C=CCOc1ccc(C2CC[C@@H]3C[C@H](C=CC)CC[C@@H]3C2)cc1. The third-order valence-corrected chi connectivity index (χ3v) is 5.84. The fraction of sp³-hybridized carbons (Fsp3) is 0.545. The van der Waals surface area contributed by atoms with E-state index in [9.17, 15) is 0 Å². The number of fused-ring (bicyclic) bond motifs is 1. The molecule has 0 heterocycles. The minimum absolute atomic E-state index is 0.583. The molecule has 124 valence electrons. The molecule has 2 saturated carbocycles. The first-order valence-corrected chi connectivity index (χ1v) is 9.26. The van der Waals surface area contributed by atoms with Crippen molar-refractivity contribution in [2.45, 2.75) is 51.4 Å². The summed E-state index contributed by atoms with van der Waals surface area (Å²) in [4.78, 5) is 0. The molecule has 0 amide bonds. The molecule has 0 aliphatic heterocycles. The molecule has 1 heteroatoms. The maximum atomic E-state index is 5.59. The van der Waals surface area contributed by atoms with E-state index in [2.05, 4.69) is 49.9 Å². The highest BCUT2D eigenvalue weighted by Gasteiger charge is 2.35. The molecule has 2 fully saturated rings. The number of hydrogen-bond acceptors (Lipinski definition) is 1. The van der Waals surface area contributed by atoms with Gasteiger partial charge in [0.05, 0.1) is 0 Å². The van der Waals surface area contributed by atoms with Crippen LogP contribution in [0.2, 0.25) is 0 Å². The van der Waals surface area contributed by atoms with Crippen LogP contribution in [-0.4, -0.2) is 6.61 Å². The number of ether oxygens (including phenoxy) is 1. The molecular weight excluding hydrogens is 280 g/mol. The highest BCUT2D eigenvalue weighted by atomic mass is 16.5. The number of benzene rings is 1. The van der Waals surface area contributed by atoms with Crippen LogP contribution in [0.5, 0.6) is 5.75 Å². The summed E-state index contributed by atoms with van der Waals surface area (Å²) in [5.41, 5.74) is 1.50. The highest BCUT2D eigenvalue weighted by Crippen LogP contribution is 2.47. The zero-order chi connectivity index (χ0) is 16.1. The topological polar surface area (TPSA) is 9.23 Å². The third-order valence-electron chi connectivity index (χ3n) is 5.84. The first-order chi connectivity index (χ1) is 11.3. The fourth-order valence-corrected chi connectivity index (χ4v) is 4.67. The summed E-state index contributed by atoms with van der Waals surface area (Å²) in [6.45, 7) is 6.43. The summed E-state index contributed by atoms with van der Waals surface area (Å²) >= 11 is 0. The smallest absolute Gasteiger partial charge is 0.119 e. The Morgan fingerprint density at radius 1 is 1.04 bits per heavy atom. The van der Waals surface area contributed by atoms with Gasteiger partial charge in [-0.05, 0) is 86.8 Å². The van der Waals surface area contributed by atoms with Crippen LogP contribution in [0.3, 0.4) is 0 Å². The molecule has 0 spiro atoms. The number of hydrogen-bond donors (Lipinski definition) is 0. The van der Waals surface area contributed by atoms with Gasteiger partial charge >= 0.3 is 0 Å². The van der Waals surface area contributed by atoms with Crippen LogP contribution >= 0.6 is 0 Å². The third kappa shape index (κ3) is 4.07. The maximum absolute atomic E-state index is 5.59. The largest absolute Gasteiger partial charge is 0.490 e. The zero-order valence-electron chi connectivity index (χ0n) is 14.4. The summed E-state index contributed by atoms with van der Waals surface area (Å²) in [6.07, 6.45) is 14.9. The van der Waals surface area contributed by atoms with Crippen molar-refractivity contribution < 1.29 is 4.74 Å². The monoisotopic (exact) mass is 310 g/mol. The van der Waals surface area contributed by atoms with E-state index in [1.807, 2.05) is 0 Å². The molecule has 3 rings (SSSR count). The minimum atomic E-state index is 0.583. The Hall–Kier alpha value is -1.50. The van der Waals surface area contributed by atoms with Crippen molar-refractivity contribution in [2.24, 2.45) is 17.8 Å². The molecule has 0 radical (unpaired) electrons. The molecule has 1 aromatic carbocycles. The van der Waals surface area contributed by atoms with E-state index in [0.29, 0.717) is 6.61 Å². The van der Waals surface area contributed by atoms with Gasteiger partial charge in [0.15, 0.2) is 0 Å². The second kappa shape index (κ2) is 7.86. The second-order valence-corrected chi connectivity index (χ2v) is 7.30. The van der Waals surface area contributed by atoms with Crippen LogP contribution < -0.4 is 4.74 Å². The zero-order valence-corrected chi connectivity index (χ0v) is 14.4. The first kappa shape index (κ1) is 16.4. The molecule has 0 saturated heterocycles. The molecule has 4 atom stereocenters. The predicted molar refractivity (Wildman–Crippen MR) is 97.9 cm³/mol. The fourth-order valence-electron chi connectivity index (χ4n) is 4.67. The average Bonchev–Trinajstić information content (AvgIpc) is 2.60. The molecule has 23 heavy (non-hydrogen) atoms. The molecule has 2 aliphatic carbocycles. The average molecular weight is 310 g/mol. The van der Waals surface area contributed by atoms with Gasteiger partial charge in [-0.15, -0.1) is 0 Å². The van der Waals surface area contributed by atoms with E-state index in [-0.39, 0.29) is 0 Å². The lowest BCUT2D eigenvalue weighted by molar-refractivity contribution is 0.133. The lowest BCUT2D eigenvalue weighted by Crippen LogP contribution is -2.30. The van der Waals surface area contributed by atoms with Gasteiger partial charge in [0.2, 0.25) is 0 Å². The molecule has 2 aliphatic rings. The van der Waals surface area contributed by atoms with Crippen LogP contribution in [0.1, 0.15) is 56.9 Å². The lowest BCUT2D eigenvalue weighted by atomic mass is 9.64. The van der Waals surface area contributed by atoms with Crippen molar-refractivity contribution in [1.82, 2.24) is 0 Å². The Bertz CT molecular complexity index is 527. The van der Waals surface area contributed by atoms with Crippen LogP contribution in [0.4, 0.5) is 0 Å². The van der Waals surface area contributed by atoms with Crippen molar-refractivity contribution in [3.05, 3.63) is 54.6 Å². The van der Waals surface area contributed by atoms with Crippen molar-refractivity contribution >= 4 is 0 Å². The quantitative estimate of drug-likeness (QED) is 0.595. The van der Waals surface area contributed by atoms with Crippen molar-refractivity contribution in [3.8, 4) is 5.75 Å². The summed E-state index contributed by atoms with van der Waals surface area (Å²) < 4.78 is 5.59. The Labute approximate surface area is 141 Å². The van der Waals surface area contributed by atoms with Gasteiger partial charge in [-0.25, -0.2) is 0 Å². The Morgan fingerprint density at radius 2 is 1.78 bits per heavy atom. The van der Waals surface area contributed by atoms with E-state index < -0.39 is 0 Å². The van der Waals surface area contributed by atoms with E-state index in [1.54, 1.807) is 6.08 Å². The second-order valence-electron chi connectivity index (χ2n) is 7.30. The van der Waals surface area contributed by atoms with Gasteiger partial charge in [-0.2, -0.15) is 0 Å². The summed E-state index contributed by atoms with van der Waals surface area (Å²) in [6, 6.07) is 8.78. The van der Waals surface area contributed by atoms with Crippen molar-refractivity contribution in [2.75, 3.05) is 6.61 Å². The van der Waals surface area contributed by atoms with Crippen LogP contribution in [0.25, 0.3) is 0 Å². The predicted octanol–water partition coefficient (Wildman–Crippen LogP) is 6.13. The van der Waals surface area contributed by atoms with E-state index >= 15 is 0 Å². The normalized spacial score (nSPS) is 30.8. The van der Waals surface area contributed by atoms with Gasteiger partial charge in [-0.1, -0.05) is 36.9 Å². The lowest BCUT2D eigenvalue weighted by Gasteiger charge is -2.41. The first-order valence-electron chi connectivity index (χ1n) is 9.26. The Kier molecular flexibility index (Phi) is 5.59. The van der Waals surface area contributed by atoms with E-state index in [4.69, 9.17) is 4.74 Å². The minimum Gasteiger partial charge on any atom is -0.490 e. The van der Waals surface area contributed by atoms with Gasteiger partial charge in [0.25, 0.3) is 0 Å². The van der Waals surface area contributed by atoms with Crippen LogP contribution in [-0.2, 0) is 0 Å². The van der Waals surface area contributed by atoms with Crippen molar-refractivity contribution in [3.63, 3.8) is 0 Å². The maximum Gasteiger partial charge on any atom is 0.119 e. The molecule has 0 N–H and O–H groups in total. The molecular formula is C22H30O. The van der Waals surface area contributed by atoms with E-state index in [0.717, 1.165) is 29.4 Å². The summed E-state index contributed by atoms with van der Waals surface area (Å²) in [5.74, 6) is 4.47. The molecule has 1 nitrogen and oxygen atoms in total.